The summed E-state index contributed by atoms with van der Waals surface area (Å²) in [5.74, 6) is 0. The molecule has 0 unspecified atom stereocenters. The van der Waals surface area contributed by atoms with Crippen LogP contribution in [-0.2, 0) is 6.42 Å². The molecule has 0 atom stereocenters. The number of halogens is 1. The van der Waals surface area contributed by atoms with Gasteiger partial charge in [-0.25, -0.2) is 9.67 Å². The van der Waals surface area contributed by atoms with Gasteiger partial charge in [0.05, 0.1) is 24.3 Å². The van der Waals surface area contributed by atoms with Crippen LogP contribution in [0.2, 0.25) is 0 Å². The van der Waals surface area contributed by atoms with E-state index in [9.17, 15) is 4.79 Å². The van der Waals surface area contributed by atoms with Crippen LogP contribution in [-0.4, -0.2) is 26.3 Å². The summed E-state index contributed by atoms with van der Waals surface area (Å²) in [4.78, 5) is 19.0. The zero-order valence-corrected chi connectivity index (χ0v) is 12.4. The van der Waals surface area contributed by atoms with Crippen molar-refractivity contribution in [1.82, 2.24) is 19.7 Å². The Morgan fingerprint density at radius 1 is 1.47 bits per heavy atom. The van der Waals surface area contributed by atoms with Gasteiger partial charge < -0.3 is 10.3 Å². The second-order valence-corrected chi connectivity index (χ2v) is 5.26. The third kappa shape index (κ3) is 3.23. The van der Waals surface area contributed by atoms with E-state index in [0.29, 0.717) is 16.7 Å². The first-order valence-corrected chi connectivity index (χ1v) is 6.87. The third-order valence-corrected chi connectivity index (χ3v) is 3.46. The molecule has 0 aliphatic rings. The first kappa shape index (κ1) is 13.8. The molecule has 2 aromatic rings. The molecule has 19 heavy (non-hydrogen) atoms. The molecule has 0 amide bonds. The lowest BCUT2D eigenvalue weighted by molar-refractivity contribution is 0.501. The van der Waals surface area contributed by atoms with Crippen LogP contribution in [0.25, 0.3) is 0 Å². The van der Waals surface area contributed by atoms with Crippen molar-refractivity contribution in [3.8, 4) is 0 Å². The Morgan fingerprint density at radius 2 is 2.26 bits per heavy atom. The number of H-pyrrole nitrogens is 1. The highest BCUT2D eigenvalue weighted by Crippen LogP contribution is 2.17. The first-order chi connectivity index (χ1) is 9.09. The Labute approximate surface area is 119 Å². The summed E-state index contributed by atoms with van der Waals surface area (Å²) in [5, 5.41) is 7.33. The lowest BCUT2D eigenvalue weighted by Gasteiger charge is -2.12. The number of aromatic amines is 1. The molecule has 2 aromatic heterocycles. The average Bonchev–Trinajstić information content (AvgIpc) is 2.87. The van der Waals surface area contributed by atoms with Crippen molar-refractivity contribution in [2.45, 2.75) is 26.3 Å². The fraction of sp³-hybridized carbons (Fsp3) is 0.417. The lowest BCUT2D eigenvalue weighted by Crippen LogP contribution is -2.26. The largest absolute Gasteiger partial charge is 0.382 e. The molecule has 2 N–H and O–H groups in total. The van der Waals surface area contributed by atoms with Crippen molar-refractivity contribution in [1.29, 1.82) is 0 Å². The summed E-state index contributed by atoms with van der Waals surface area (Å²) in [6, 6.07) is 0.0443. The van der Waals surface area contributed by atoms with Crippen molar-refractivity contribution in [3.63, 3.8) is 0 Å². The highest BCUT2D eigenvalue weighted by Gasteiger charge is 2.10. The Hall–Kier alpha value is -1.63. The maximum Gasteiger partial charge on any atom is 0.283 e. The van der Waals surface area contributed by atoms with Gasteiger partial charge in [0, 0.05) is 24.9 Å². The van der Waals surface area contributed by atoms with Crippen molar-refractivity contribution >= 4 is 21.6 Å². The minimum atomic E-state index is -0.124. The maximum absolute atomic E-state index is 12.0. The zero-order chi connectivity index (χ0) is 13.8. The molecule has 0 saturated heterocycles. The van der Waals surface area contributed by atoms with Gasteiger partial charge in [-0.2, -0.15) is 5.10 Å². The van der Waals surface area contributed by atoms with Gasteiger partial charge >= 0.3 is 0 Å². The zero-order valence-electron chi connectivity index (χ0n) is 10.9. The monoisotopic (exact) mass is 325 g/mol. The van der Waals surface area contributed by atoms with Crippen molar-refractivity contribution in [3.05, 3.63) is 39.2 Å². The van der Waals surface area contributed by atoms with Crippen LogP contribution in [0.4, 0.5) is 5.69 Å². The average molecular weight is 326 g/mol. The van der Waals surface area contributed by atoms with E-state index in [1.165, 1.54) is 4.68 Å². The maximum atomic E-state index is 12.0. The minimum absolute atomic E-state index is 0.0443. The van der Waals surface area contributed by atoms with Crippen LogP contribution < -0.4 is 10.9 Å². The Balaban J connectivity index is 2.05. The van der Waals surface area contributed by atoms with Crippen LogP contribution in [0, 0.1) is 0 Å². The Bertz CT molecular complexity index is 591. The second-order valence-electron chi connectivity index (χ2n) is 4.47. The standard InChI is InChI=1S/C12H16BrN5O/c1-8(2)18-12(19)11(13)10(6-17-18)15-4-3-9-5-14-7-16-9/h5-8,15H,3-4H2,1-2H3,(H,14,16). The molecule has 0 spiro atoms. The summed E-state index contributed by atoms with van der Waals surface area (Å²) in [7, 11) is 0. The van der Waals surface area contributed by atoms with E-state index in [0.717, 1.165) is 12.1 Å². The van der Waals surface area contributed by atoms with E-state index in [2.05, 4.69) is 36.3 Å². The predicted octanol–water partition coefficient (Wildman–Crippen LogP) is 1.96. The van der Waals surface area contributed by atoms with E-state index in [1.807, 2.05) is 13.8 Å². The molecule has 0 fully saturated rings. The number of nitrogens with one attached hydrogen (secondary N) is 2. The summed E-state index contributed by atoms with van der Waals surface area (Å²) in [6.45, 7) is 4.55. The highest BCUT2D eigenvalue weighted by molar-refractivity contribution is 9.10. The van der Waals surface area contributed by atoms with Crippen LogP contribution in [0.5, 0.6) is 0 Å². The molecule has 0 aliphatic carbocycles. The van der Waals surface area contributed by atoms with Gasteiger partial charge in [-0.15, -0.1) is 0 Å². The van der Waals surface area contributed by atoms with Gasteiger partial charge in [0.1, 0.15) is 4.47 Å². The molecular formula is C12H16BrN5O. The fourth-order valence-electron chi connectivity index (χ4n) is 1.69. The number of aromatic nitrogens is 4. The number of hydrogen-bond donors (Lipinski definition) is 2. The molecule has 102 valence electrons. The molecule has 0 saturated carbocycles. The van der Waals surface area contributed by atoms with Crippen molar-refractivity contribution < 1.29 is 0 Å². The molecule has 0 aliphatic heterocycles. The van der Waals surface area contributed by atoms with E-state index >= 15 is 0 Å². The topological polar surface area (TPSA) is 75.6 Å². The molecule has 7 heteroatoms. The Morgan fingerprint density at radius 3 is 2.89 bits per heavy atom. The van der Waals surface area contributed by atoms with E-state index in [1.54, 1.807) is 18.7 Å². The number of rotatable bonds is 5. The van der Waals surface area contributed by atoms with E-state index in [-0.39, 0.29) is 11.6 Å². The van der Waals surface area contributed by atoms with Crippen LogP contribution in [0.15, 0.2) is 28.0 Å². The number of imidazole rings is 1. The smallest absolute Gasteiger partial charge is 0.283 e. The lowest BCUT2D eigenvalue weighted by atomic mass is 10.3. The molecule has 2 rings (SSSR count). The van der Waals surface area contributed by atoms with Crippen LogP contribution >= 0.6 is 15.9 Å². The number of hydrogen-bond acceptors (Lipinski definition) is 4. The van der Waals surface area contributed by atoms with E-state index < -0.39 is 0 Å². The predicted molar refractivity (Wildman–Crippen MR) is 77.4 cm³/mol. The van der Waals surface area contributed by atoms with Crippen LogP contribution in [0.1, 0.15) is 25.6 Å². The molecule has 0 bridgehead atoms. The first-order valence-electron chi connectivity index (χ1n) is 6.08. The molecule has 6 nitrogen and oxygen atoms in total. The van der Waals surface area contributed by atoms with Gasteiger partial charge in [0.25, 0.3) is 5.56 Å². The summed E-state index contributed by atoms with van der Waals surface area (Å²) in [6.07, 6.45) is 5.90. The summed E-state index contributed by atoms with van der Waals surface area (Å²) < 4.78 is 1.96. The SMILES string of the molecule is CC(C)n1ncc(NCCc2cnc[nH]2)c(Br)c1=O. The second kappa shape index (κ2) is 6.01. The third-order valence-electron chi connectivity index (χ3n) is 2.70. The highest BCUT2D eigenvalue weighted by atomic mass is 79.9. The quantitative estimate of drug-likeness (QED) is 0.881. The molecule has 0 aromatic carbocycles. The molecule has 0 radical (unpaired) electrons. The normalized spacial score (nSPS) is 10.9. The summed E-state index contributed by atoms with van der Waals surface area (Å²) >= 11 is 3.32. The number of anilines is 1. The van der Waals surface area contributed by atoms with Gasteiger partial charge in [-0.1, -0.05) is 0 Å². The van der Waals surface area contributed by atoms with Gasteiger partial charge in [-0.05, 0) is 29.8 Å². The van der Waals surface area contributed by atoms with Crippen molar-refractivity contribution in [2.24, 2.45) is 0 Å². The number of nitrogens with zero attached hydrogens (tertiary/aromatic N) is 3. The minimum Gasteiger partial charge on any atom is -0.382 e. The van der Waals surface area contributed by atoms with Gasteiger partial charge in [0.2, 0.25) is 0 Å². The Kier molecular flexibility index (Phi) is 4.36. The summed E-state index contributed by atoms with van der Waals surface area (Å²) in [5.41, 5.74) is 1.63. The van der Waals surface area contributed by atoms with Crippen molar-refractivity contribution in [2.75, 3.05) is 11.9 Å². The van der Waals surface area contributed by atoms with E-state index in [4.69, 9.17) is 0 Å². The van der Waals surface area contributed by atoms with Crippen LogP contribution in [0.3, 0.4) is 0 Å². The van der Waals surface area contributed by atoms with Gasteiger partial charge in [-0.3, -0.25) is 4.79 Å². The van der Waals surface area contributed by atoms with Gasteiger partial charge in [0.15, 0.2) is 0 Å². The fourth-order valence-corrected chi connectivity index (χ4v) is 2.11. The molecule has 2 heterocycles. The molecular weight excluding hydrogens is 310 g/mol.